The highest BCUT2D eigenvalue weighted by Gasteiger charge is 2.22. The van der Waals surface area contributed by atoms with E-state index in [1.54, 1.807) is 18.2 Å². The maximum absolute atomic E-state index is 12.6. The molecule has 0 saturated carbocycles. The Labute approximate surface area is 170 Å². The van der Waals surface area contributed by atoms with E-state index in [4.69, 9.17) is 0 Å². The highest BCUT2D eigenvalue weighted by molar-refractivity contribution is 9.10. The van der Waals surface area contributed by atoms with Gasteiger partial charge in [0.1, 0.15) is 6.54 Å². The number of rotatable bonds is 6. The van der Waals surface area contributed by atoms with Crippen molar-refractivity contribution in [2.75, 3.05) is 17.1 Å². The molecular formula is C20H25BrN2O3S. The Balaban J connectivity index is 2.20. The Hall–Kier alpha value is -1.86. The number of nitrogens with one attached hydrogen (secondary N) is 1. The van der Waals surface area contributed by atoms with Gasteiger partial charge in [0.2, 0.25) is 15.9 Å². The van der Waals surface area contributed by atoms with Crippen LogP contribution in [0.5, 0.6) is 0 Å². The number of benzene rings is 2. The van der Waals surface area contributed by atoms with Gasteiger partial charge < -0.3 is 5.32 Å². The van der Waals surface area contributed by atoms with Gasteiger partial charge in [-0.15, -0.1) is 0 Å². The molecule has 0 aliphatic carbocycles. The molecule has 1 amide bonds. The second-order valence-electron chi connectivity index (χ2n) is 6.85. The number of nitrogens with zero attached hydrogens (tertiary/aromatic N) is 1. The monoisotopic (exact) mass is 452 g/mol. The lowest BCUT2D eigenvalue weighted by Gasteiger charge is -2.24. The average molecular weight is 453 g/mol. The summed E-state index contributed by atoms with van der Waals surface area (Å²) >= 11 is 3.40. The molecule has 0 aromatic heterocycles. The predicted octanol–water partition coefficient (Wildman–Crippen LogP) is 4.02. The molecule has 0 aliphatic rings. The molecule has 0 fully saturated rings. The van der Waals surface area contributed by atoms with E-state index in [0.717, 1.165) is 37.3 Å². The van der Waals surface area contributed by atoms with Crippen molar-refractivity contribution in [1.82, 2.24) is 5.32 Å². The molecule has 0 heterocycles. The van der Waals surface area contributed by atoms with Crippen LogP contribution in [0.2, 0.25) is 0 Å². The highest BCUT2D eigenvalue weighted by atomic mass is 79.9. The zero-order chi connectivity index (χ0) is 20.4. The fraction of sp³-hybridized carbons (Fsp3) is 0.350. The minimum atomic E-state index is -3.60. The van der Waals surface area contributed by atoms with Crippen LogP contribution in [0.25, 0.3) is 0 Å². The third-order valence-electron chi connectivity index (χ3n) is 4.39. The summed E-state index contributed by atoms with van der Waals surface area (Å²) in [5, 5.41) is 2.90. The fourth-order valence-corrected chi connectivity index (χ4v) is 4.09. The van der Waals surface area contributed by atoms with Crippen molar-refractivity contribution >= 4 is 37.5 Å². The van der Waals surface area contributed by atoms with Crippen molar-refractivity contribution in [2.45, 2.75) is 33.7 Å². The van der Waals surface area contributed by atoms with Crippen LogP contribution in [0.15, 0.2) is 40.9 Å². The Kier molecular flexibility index (Phi) is 6.70. The summed E-state index contributed by atoms with van der Waals surface area (Å²) in [5.41, 5.74) is 4.62. The number of carbonyl (C=O) groups excluding carboxylic acids is 1. The molecule has 1 N–H and O–H groups in total. The number of hydrogen-bond acceptors (Lipinski definition) is 3. The number of amides is 1. The van der Waals surface area contributed by atoms with Gasteiger partial charge in [-0.3, -0.25) is 9.10 Å². The lowest BCUT2D eigenvalue weighted by atomic mass is 10.0. The number of anilines is 1. The zero-order valence-electron chi connectivity index (χ0n) is 16.2. The van der Waals surface area contributed by atoms with E-state index in [2.05, 4.69) is 27.3 Å². The number of aryl methyl sites for hydroxylation is 3. The van der Waals surface area contributed by atoms with Crippen LogP contribution in [-0.4, -0.2) is 27.1 Å². The van der Waals surface area contributed by atoms with Gasteiger partial charge in [-0.05, 0) is 62.6 Å². The number of halogens is 1. The standard InChI is InChI=1S/C20H25BrN2O3S/c1-13-6-8-18(14(2)10-13)16(4)22-20(24)12-23(27(5,25)26)17-7-9-19(21)15(3)11-17/h6-11,16H,12H2,1-5H3,(H,22,24)/t16-/m1/s1. The minimum Gasteiger partial charge on any atom is -0.348 e. The van der Waals surface area contributed by atoms with Gasteiger partial charge in [0, 0.05) is 4.47 Å². The smallest absolute Gasteiger partial charge is 0.241 e. The van der Waals surface area contributed by atoms with Crippen molar-refractivity contribution in [2.24, 2.45) is 0 Å². The van der Waals surface area contributed by atoms with Crippen LogP contribution in [0.3, 0.4) is 0 Å². The number of hydrogen-bond donors (Lipinski definition) is 1. The van der Waals surface area contributed by atoms with Crippen molar-refractivity contribution < 1.29 is 13.2 Å². The van der Waals surface area contributed by atoms with E-state index in [1.807, 2.05) is 39.8 Å². The Morgan fingerprint density at radius 1 is 1.11 bits per heavy atom. The molecule has 1 atom stereocenters. The summed E-state index contributed by atoms with van der Waals surface area (Å²) in [4.78, 5) is 12.6. The molecule has 0 unspecified atom stereocenters. The van der Waals surface area contributed by atoms with Gasteiger partial charge in [-0.25, -0.2) is 8.42 Å². The van der Waals surface area contributed by atoms with E-state index in [9.17, 15) is 13.2 Å². The lowest BCUT2D eigenvalue weighted by molar-refractivity contribution is -0.120. The van der Waals surface area contributed by atoms with Crippen LogP contribution in [0, 0.1) is 20.8 Å². The molecule has 0 spiro atoms. The molecule has 7 heteroatoms. The third kappa shape index (κ3) is 5.56. The maximum atomic E-state index is 12.6. The van der Waals surface area contributed by atoms with Crippen molar-refractivity contribution in [3.8, 4) is 0 Å². The Morgan fingerprint density at radius 3 is 2.33 bits per heavy atom. The molecule has 2 rings (SSSR count). The van der Waals surface area contributed by atoms with Crippen molar-refractivity contribution in [3.05, 3.63) is 63.1 Å². The summed E-state index contributed by atoms with van der Waals surface area (Å²) in [6, 6.07) is 11.0. The molecule has 0 saturated heterocycles. The summed E-state index contributed by atoms with van der Waals surface area (Å²) in [5.74, 6) is -0.353. The minimum absolute atomic E-state index is 0.217. The predicted molar refractivity (Wildman–Crippen MR) is 114 cm³/mol. The van der Waals surface area contributed by atoms with Gasteiger partial charge in [-0.2, -0.15) is 0 Å². The van der Waals surface area contributed by atoms with Crippen LogP contribution in [0.1, 0.15) is 35.2 Å². The first-order valence-corrected chi connectivity index (χ1v) is 11.2. The largest absolute Gasteiger partial charge is 0.348 e. The summed E-state index contributed by atoms with van der Waals surface area (Å²) in [6.07, 6.45) is 1.10. The molecule has 2 aromatic rings. The Morgan fingerprint density at radius 2 is 1.78 bits per heavy atom. The summed E-state index contributed by atoms with van der Waals surface area (Å²) in [6.45, 7) is 7.51. The van der Waals surface area contributed by atoms with E-state index in [-0.39, 0.29) is 18.5 Å². The summed E-state index contributed by atoms with van der Waals surface area (Å²) in [7, 11) is -3.60. The number of sulfonamides is 1. The molecule has 0 radical (unpaired) electrons. The van der Waals surface area contributed by atoms with Crippen LogP contribution >= 0.6 is 15.9 Å². The highest BCUT2D eigenvalue weighted by Crippen LogP contribution is 2.25. The molecular weight excluding hydrogens is 428 g/mol. The van der Waals surface area contributed by atoms with Crippen molar-refractivity contribution in [3.63, 3.8) is 0 Å². The van der Waals surface area contributed by atoms with Crippen LogP contribution in [-0.2, 0) is 14.8 Å². The lowest BCUT2D eigenvalue weighted by Crippen LogP contribution is -2.41. The van der Waals surface area contributed by atoms with Gasteiger partial charge >= 0.3 is 0 Å². The molecule has 0 bridgehead atoms. The fourth-order valence-electron chi connectivity index (χ4n) is 2.99. The first-order valence-electron chi connectivity index (χ1n) is 8.59. The van der Waals surface area contributed by atoms with Crippen LogP contribution < -0.4 is 9.62 Å². The third-order valence-corrected chi connectivity index (χ3v) is 6.42. The van der Waals surface area contributed by atoms with Gasteiger partial charge in [0.05, 0.1) is 18.0 Å². The summed E-state index contributed by atoms with van der Waals surface area (Å²) < 4.78 is 26.5. The zero-order valence-corrected chi connectivity index (χ0v) is 18.6. The van der Waals surface area contributed by atoms with Gasteiger partial charge in [0.15, 0.2) is 0 Å². The second kappa shape index (κ2) is 8.44. The first kappa shape index (κ1) is 21.4. The first-order chi connectivity index (χ1) is 12.5. The molecule has 5 nitrogen and oxygen atoms in total. The van der Waals surface area contributed by atoms with E-state index < -0.39 is 10.0 Å². The second-order valence-corrected chi connectivity index (χ2v) is 9.61. The van der Waals surface area contributed by atoms with E-state index in [1.165, 1.54) is 0 Å². The van der Waals surface area contributed by atoms with Crippen molar-refractivity contribution in [1.29, 1.82) is 0 Å². The topological polar surface area (TPSA) is 66.5 Å². The SMILES string of the molecule is Cc1ccc([C@@H](C)NC(=O)CN(c2ccc(Br)c(C)c2)S(C)(=O)=O)c(C)c1. The van der Waals surface area contributed by atoms with Gasteiger partial charge in [-0.1, -0.05) is 39.7 Å². The molecule has 2 aromatic carbocycles. The van der Waals surface area contributed by atoms with E-state index in [0.29, 0.717) is 5.69 Å². The van der Waals surface area contributed by atoms with Crippen LogP contribution in [0.4, 0.5) is 5.69 Å². The average Bonchev–Trinajstić information content (AvgIpc) is 2.54. The molecule has 0 aliphatic heterocycles. The molecule has 27 heavy (non-hydrogen) atoms. The quantitative estimate of drug-likeness (QED) is 0.719. The number of carbonyl (C=O) groups is 1. The molecule has 146 valence electrons. The van der Waals surface area contributed by atoms with E-state index >= 15 is 0 Å². The van der Waals surface area contributed by atoms with Gasteiger partial charge in [0.25, 0.3) is 0 Å². The maximum Gasteiger partial charge on any atom is 0.241 e. The Bertz CT molecular complexity index is 958. The normalized spacial score (nSPS) is 12.5.